The zero-order valence-corrected chi connectivity index (χ0v) is 10.5. The van der Waals surface area contributed by atoms with Gasteiger partial charge in [-0.15, -0.1) is 0 Å². The zero-order valence-electron chi connectivity index (χ0n) is 10.5. The second-order valence-electron chi connectivity index (χ2n) is 4.20. The fraction of sp³-hybridized carbons (Fsp3) is 0.385. The molecule has 18 heavy (non-hydrogen) atoms. The van der Waals surface area contributed by atoms with Crippen LogP contribution in [-0.4, -0.2) is 32.0 Å². The van der Waals surface area contributed by atoms with Gasteiger partial charge in [0, 0.05) is 25.7 Å². The molecular formula is C13H16N2O3. The van der Waals surface area contributed by atoms with Crippen molar-refractivity contribution in [3.05, 3.63) is 23.8 Å². The number of amides is 2. The number of carbonyl (C=O) groups excluding carboxylic acids is 2. The molecule has 1 heterocycles. The highest BCUT2D eigenvalue weighted by atomic mass is 16.5. The Morgan fingerprint density at radius 3 is 2.94 bits per heavy atom. The van der Waals surface area contributed by atoms with E-state index >= 15 is 0 Å². The van der Waals surface area contributed by atoms with Crippen molar-refractivity contribution in [2.75, 3.05) is 25.1 Å². The fourth-order valence-electron chi connectivity index (χ4n) is 2.08. The third kappa shape index (κ3) is 2.45. The molecule has 0 spiro atoms. The van der Waals surface area contributed by atoms with Gasteiger partial charge in [-0.3, -0.25) is 9.59 Å². The summed E-state index contributed by atoms with van der Waals surface area (Å²) in [5.74, 6) is 0.727. The average molecular weight is 248 g/mol. The van der Waals surface area contributed by atoms with Gasteiger partial charge in [0.1, 0.15) is 5.75 Å². The standard InChI is InChI=1S/C13H16N2O3/c1-9(16)14-5-6-15-12-4-3-11(18-2)7-10(12)8-13(15)17/h3-4,7H,5-6,8H2,1-2H3,(H,14,16). The number of benzene rings is 1. The third-order valence-corrected chi connectivity index (χ3v) is 2.93. The Morgan fingerprint density at radius 1 is 1.50 bits per heavy atom. The van der Waals surface area contributed by atoms with Crippen LogP contribution in [0.4, 0.5) is 5.69 Å². The van der Waals surface area contributed by atoms with Crippen LogP contribution in [0.1, 0.15) is 12.5 Å². The molecule has 0 aromatic heterocycles. The molecule has 1 aliphatic rings. The van der Waals surface area contributed by atoms with Gasteiger partial charge >= 0.3 is 0 Å². The molecule has 2 amide bonds. The van der Waals surface area contributed by atoms with Crippen molar-refractivity contribution in [2.45, 2.75) is 13.3 Å². The summed E-state index contributed by atoms with van der Waals surface area (Å²) in [4.78, 5) is 24.4. The van der Waals surface area contributed by atoms with E-state index in [-0.39, 0.29) is 11.8 Å². The fourth-order valence-corrected chi connectivity index (χ4v) is 2.08. The van der Waals surface area contributed by atoms with E-state index in [1.807, 2.05) is 18.2 Å². The molecule has 0 fully saturated rings. The minimum Gasteiger partial charge on any atom is -0.497 e. The minimum absolute atomic E-state index is 0.0589. The summed E-state index contributed by atoms with van der Waals surface area (Å²) < 4.78 is 5.14. The first kappa shape index (κ1) is 12.4. The lowest BCUT2D eigenvalue weighted by Gasteiger charge is -2.17. The number of hydrogen-bond donors (Lipinski definition) is 1. The molecule has 2 rings (SSSR count). The second-order valence-corrected chi connectivity index (χ2v) is 4.20. The molecule has 5 heteroatoms. The molecule has 0 unspecified atom stereocenters. The molecule has 0 saturated heterocycles. The van der Waals surface area contributed by atoms with Crippen LogP contribution in [-0.2, 0) is 16.0 Å². The van der Waals surface area contributed by atoms with Crippen molar-refractivity contribution < 1.29 is 14.3 Å². The van der Waals surface area contributed by atoms with Crippen molar-refractivity contribution in [3.63, 3.8) is 0 Å². The summed E-state index contributed by atoms with van der Waals surface area (Å²) in [7, 11) is 1.60. The van der Waals surface area contributed by atoms with E-state index in [2.05, 4.69) is 5.32 Å². The Morgan fingerprint density at radius 2 is 2.28 bits per heavy atom. The van der Waals surface area contributed by atoms with Crippen LogP contribution in [0.2, 0.25) is 0 Å². The van der Waals surface area contributed by atoms with Crippen LogP contribution >= 0.6 is 0 Å². The van der Waals surface area contributed by atoms with Gasteiger partial charge in [-0.2, -0.15) is 0 Å². The lowest BCUT2D eigenvalue weighted by atomic mass is 10.1. The summed E-state index contributed by atoms with van der Waals surface area (Å²) >= 11 is 0. The van der Waals surface area contributed by atoms with E-state index in [0.717, 1.165) is 17.0 Å². The molecule has 0 atom stereocenters. The monoisotopic (exact) mass is 248 g/mol. The predicted octanol–water partition coefficient (Wildman–Crippen LogP) is 0.720. The van der Waals surface area contributed by atoms with Crippen LogP contribution in [0.15, 0.2) is 18.2 Å². The van der Waals surface area contributed by atoms with Crippen LogP contribution < -0.4 is 15.0 Å². The number of nitrogens with one attached hydrogen (secondary N) is 1. The number of nitrogens with zero attached hydrogens (tertiary/aromatic N) is 1. The summed E-state index contributed by atoms with van der Waals surface area (Å²) in [6.45, 7) is 2.43. The molecule has 5 nitrogen and oxygen atoms in total. The van der Waals surface area contributed by atoms with Gasteiger partial charge in [0.15, 0.2) is 0 Å². The highest BCUT2D eigenvalue weighted by molar-refractivity contribution is 6.01. The van der Waals surface area contributed by atoms with Gasteiger partial charge in [0.05, 0.1) is 13.5 Å². The Bertz CT molecular complexity index is 485. The van der Waals surface area contributed by atoms with Gasteiger partial charge in [0.25, 0.3) is 0 Å². The Kier molecular flexibility index (Phi) is 3.50. The van der Waals surface area contributed by atoms with Crippen molar-refractivity contribution in [1.82, 2.24) is 5.32 Å². The molecule has 0 bridgehead atoms. The maximum absolute atomic E-state index is 11.9. The first-order valence-electron chi connectivity index (χ1n) is 5.83. The maximum Gasteiger partial charge on any atom is 0.231 e. The Hall–Kier alpha value is -2.04. The quantitative estimate of drug-likeness (QED) is 0.854. The van der Waals surface area contributed by atoms with Crippen molar-refractivity contribution >= 4 is 17.5 Å². The van der Waals surface area contributed by atoms with E-state index in [0.29, 0.717) is 19.5 Å². The molecule has 1 aromatic rings. The highest BCUT2D eigenvalue weighted by Crippen LogP contribution is 2.31. The number of fused-ring (bicyclic) bond motifs is 1. The van der Waals surface area contributed by atoms with E-state index < -0.39 is 0 Å². The highest BCUT2D eigenvalue weighted by Gasteiger charge is 2.26. The largest absolute Gasteiger partial charge is 0.497 e. The van der Waals surface area contributed by atoms with E-state index in [9.17, 15) is 9.59 Å². The summed E-state index contributed by atoms with van der Waals surface area (Å²) in [6, 6.07) is 5.60. The van der Waals surface area contributed by atoms with Crippen LogP contribution in [0.25, 0.3) is 0 Å². The van der Waals surface area contributed by atoms with E-state index in [1.54, 1.807) is 12.0 Å². The normalized spacial score (nSPS) is 13.4. The molecule has 1 N–H and O–H groups in total. The van der Waals surface area contributed by atoms with Gasteiger partial charge in [-0.05, 0) is 23.8 Å². The molecule has 1 aliphatic heterocycles. The topological polar surface area (TPSA) is 58.6 Å². The average Bonchev–Trinajstić information content (AvgIpc) is 2.64. The smallest absolute Gasteiger partial charge is 0.231 e. The maximum atomic E-state index is 11.9. The van der Waals surface area contributed by atoms with Gasteiger partial charge in [-0.1, -0.05) is 0 Å². The number of rotatable bonds is 4. The number of hydrogen-bond acceptors (Lipinski definition) is 3. The van der Waals surface area contributed by atoms with E-state index in [1.165, 1.54) is 6.92 Å². The number of ether oxygens (including phenoxy) is 1. The van der Waals surface area contributed by atoms with E-state index in [4.69, 9.17) is 4.74 Å². The predicted molar refractivity (Wildman–Crippen MR) is 67.7 cm³/mol. The van der Waals surface area contributed by atoms with Gasteiger partial charge in [-0.25, -0.2) is 0 Å². The SMILES string of the molecule is COc1ccc2c(c1)CC(=O)N2CCNC(C)=O. The molecule has 0 aliphatic carbocycles. The molecule has 96 valence electrons. The lowest BCUT2D eigenvalue weighted by Crippen LogP contribution is -2.35. The number of methoxy groups -OCH3 is 1. The van der Waals surface area contributed by atoms with Crippen molar-refractivity contribution in [3.8, 4) is 5.75 Å². The molecule has 0 saturated carbocycles. The zero-order chi connectivity index (χ0) is 13.1. The Balaban J connectivity index is 2.10. The molecular weight excluding hydrogens is 232 g/mol. The third-order valence-electron chi connectivity index (χ3n) is 2.93. The summed E-state index contributed by atoms with van der Waals surface area (Å²) in [5.41, 5.74) is 1.88. The Labute approximate surface area is 106 Å². The summed E-state index contributed by atoms with van der Waals surface area (Å²) in [5, 5.41) is 2.69. The van der Waals surface area contributed by atoms with Crippen LogP contribution in [0.3, 0.4) is 0 Å². The van der Waals surface area contributed by atoms with Crippen LogP contribution in [0, 0.1) is 0 Å². The van der Waals surface area contributed by atoms with Crippen molar-refractivity contribution in [1.29, 1.82) is 0 Å². The van der Waals surface area contributed by atoms with Crippen LogP contribution in [0.5, 0.6) is 5.75 Å². The first-order valence-corrected chi connectivity index (χ1v) is 5.83. The van der Waals surface area contributed by atoms with Gasteiger partial charge in [0.2, 0.25) is 11.8 Å². The minimum atomic E-state index is -0.0865. The number of carbonyl (C=O) groups is 2. The molecule has 0 radical (unpaired) electrons. The number of anilines is 1. The lowest BCUT2D eigenvalue weighted by molar-refractivity contribution is -0.119. The second kappa shape index (κ2) is 5.08. The molecule has 1 aromatic carbocycles. The van der Waals surface area contributed by atoms with Gasteiger partial charge < -0.3 is 15.0 Å². The first-order chi connectivity index (χ1) is 8.61. The van der Waals surface area contributed by atoms with Crippen molar-refractivity contribution in [2.24, 2.45) is 0 Å². The summed E-state index contributed by atoms with van der Waals surface area (Å²) in [6.07, 6.45) is 0.395.